The first kappa shape index (κ1) is 11.3. The van der Waals surface area contributed by atoms with Crippen LogP contribution in [0.2, 0.25) is 5.02 Å². The van der Waals surface area contributed by atoms with Crippen LogP contribution in [-0.2, 0) is 0 Å². The Morgan fingerprint density at radius 3 is 2.84 bits per heavy atom. The van der Waals surface area contributed by atoms with E-state index in [9.17, 15) is 0 Å². The predicted octanol–water partition coefficient (Wildman–Crippen LogP) is 2.47. The van der Waals surface area contributed by atoms with Gasteiger partial charge in [0, 0.05) is 36.6 Å². The van der Waals surface area contributed by atoms with Gasteiger partial charge in [0.1, 0.15) is 10.8 Å². The Balaban J connectivity index is 1.90. The Morgan fingerprint density at radius 1 is 1.32 bits per heavy atom. The van der Waals surface area contributed by atoms with Gasteiger partial charge in [-0.15, -0.1) is 0 Å². The molecule has 0 spiro atoms. The maximum atomic E-state index is 7.37. The molecule has 1 aliphatic heterocycles. The number of aromatic nitrogens is 3. The minimum Gasteiger partial charge on any atom is -0.381 e. The van der Waals surface area contributed by atoms with Crippen molar-refractivity contribution in [1.82, 2.24) is 15.0 Å². The summed E-state index contributed by atoms with van der Waals surface area (Å²) in [6.45, 7) is 1.96. The third-order valence-electron chi connectivity index (χ3n) is 2.84. The van der Waals surface area contributed by atoms with E-state index in [4.69, 9.17) is 18.7 Å². The molecule has 1 saturated heterocycles. The molecular formula is C12H12ClN5S. The first-order valence-electron chi connectivity index (χ1n) is 6.31. The summed E-state index contributed by atoms with van der Waals surface area (Å²) in [5, 5.41) is 1.15. The molecule has 98 valence electrons. The number of nitrogen functional groups attached to an aromatic ring is 1. The number of halogens is 1. The maximum Gasteiger partial charge on any atom is 0.156 e. The number of nitrogens with two attached hydrogens (primary N) is 1. The van der Waals surface area contributed by atoms with E-state index in [1.165, 1.54) is 24.4 Å². The molecule has 5 nitrogen and oxygen atoms in total. The van der Waals surface area contributed by atoms with Crippen LogP contribution in [0.15, 0.2) is 34.6 Å². The van der Waals surface area contributed by atoms with Crippen LogP contribution in [0.1, 0.15) is 7.79 Å². The van der Waals surface area contributed by atoms with E-state index in [2.05, 4.69) is 19.9 Å². The lowest BCUT2D eigenvalue weighted by Crippen LogP contribution is -2.37. The highest BCUT2D eigenvalue weighted by Gasteiger charge is 2.20. The quantitative estimate of drug-likeness (QED) is 0.938. The largest absolute Gasteiger partial charge is 0.381 e. The van der Waals surface area contributed by atoms with Crippen LogP contribution < -0.4 is 10.6 Å². The van der Waals surface area contributed by atoms with Gasteiger partial charge in [0.15, 0.2) is 5.82 Å². The van der Waals surface area contributed by atoms with Crippen molar-refractivity contribution in [3.05, 3.63) is 29.7 Å². The van der Waals surface area contributed by atoms with E-state index in [-0.39, 0.29) is 12.0 Å². The molecule has 2 aromatic heterocycles. The smallest absolute Gasteiger partial charge is 0.156 e. The van der Waals surface area contributed by atoms with E-state index in [0.29, 0.717) is 10.0 Å². The van der Waals surface area contributed by atoms with E-state index in [1.54, 1.807) is 6.20 Å². The lowest BCUT2D eigenvalue weighted by molar-refractivity contribution is 0.609. The molecule has 0 aliphatic carbocycles. The molecule has 0 amide bonds. The zero-order chi connectivity index (χ0) is 14.1. The molecule has 1 fully saturated rings. The van der Waals surface area contributed by atoms with Gasteiger partial charge in [0.25, 0.3) is 0 Å². The fraction of sp³-hybridized carbons (Fsp3) is 0.250. The second-order valence-corrected chi connectivity index (χ2v) is 5.49. The summed E-state index contributed by atoms with van der Waals surface area (Å²) < 4.78 is 7.37. The molecule has 7 heteroatoms. The summed E-state index contributed by atoms with van der Waals surface area (Å²) in [5.41, 5.74) is 5.77. The predicted molar refractivity (Wildman–Crippen MR) is 76.6 cm³/mol. The molecular weight excluding hydrogens is 282 g/mol. The molecule has 0 radical (unpaired) electrons. The minimum atomic E-state index is 0.0499. The summed E-state index contributed by atoms with van der Waals surface area (Å²) in [5.74, 6) is 1.03. The zero-order valence-corrected chi connectivity index (χ0v) is 11.6. The molecule has 19 heavy (non-hydrogen) atoms. The average molecular weight is 295 g/mol. The van der Waals surface area contributed by atoms with Crippen molar-refractivity contribution in [3.8, 4) is 0 Å². The Bertz CT molecular complexity index is 650. The fourth-order valence-corrected chi connectivity index (χ4v) is 2.85. The van der Waals surface area contributed by atoms with Crippen molar-refractivity contribution >= 4 is 35.0 Å². The molecule has 0 aromatic carbocycles. The van der Waals surface area contributed by atoms with Gasteiger partial charge < -0.3 is 10.6 Å². The highest BCUT2D eigenvalue weighted by atomic mass is 35.5. The molecule has 3 rings (SSSR count). The number of nitrogens with zero attached hydrogens (tertiary/aromatic N) is 4. The third kappa shape index (κ3) is 2.46. The van der Waals surface area contributed by atoms with Crippen LogP contribution >= 0.6 is 23.4 Å². The number of anilines is 2. The van der Waals surface area contributed by atoms with Crippen molar-refractivity contribution in [3.63, 3.8) is 0 Å². The highest BCUT2D eigenvalue weighted by Crippen LogP contribution is 2.38. The van der Waals surface area contributed by atoms with E-state index < -0.39 is 0 Å². The van der Waals surface area contributed by atoms with Crippen LogP contribution in [-0.4, -0.2) is 28.0 Å². The van der Waals surface area contributed by atoms with Gasteiger partial charge in [-0.2, -0.15) is 0 Å². The topological polar surface area (TPSA) is 67.9 Å². The second kappa shape index (κ2) is 5.22. The Kier molecular flexibility index (Phi) is 3.11. The summed E-state index contributed by atoms with van der Waals surface area (Å²) in [6.07, 6.45) is 4.31. The zero-order valence-electron chi connectivity index (χ0n) is 11.0. The monoisotopic (exact) mass is 294 g/mol. The Labute approximate surface area is 121 Å². The highest BCUT2D eigenvalue weighted by molar-refractivity contribution is 7.99. The SMILES string of the molecule is [2H]c1cnc(Sc2ccnc(N3CCC3)c2Cl)c(N)n1. The maximum absolute atomic E-state index is 7.37. The molecule has 0 unspecified atom stereocenters. The minimum absolute atomic E-state index is 0.0499. The van der Waals surface area contributed by atoms with Crippen molar-refractivity contribution < 1.29 is 1.37 Å². The molecule has 0 atom stereocenters. The van der Waals surface area contributed by atoms with E-state index in [0.717, 1.165) is 23.8 Å². The fourth-order valence-electron chi connectivity index (χ4n) is 1.73. The first-order valence-corrected chi connectivity index (χ1v) is 7.01. The van der Waals surface area contributed by atoms with E-state index >= 15 is 0 Å². The van der Waals surface area contributed by atoms with Crippen LogP contribution in [0.4, 0.5) is 11.6 Å². The lowest BCUT2D eigenvalue weighted by Gasteiger charge is -2.32. The molecule has 1 aliphatic rings. The third-order valence-corrected chi connectivity index (χ3v) is 4.39. The average Bonchev–Trinajstić information content (AvgIpc) is 2.35. The Hall–Kier alpha value is -1.53. The molecule has 0 bridgehead atoms. The van der Waals surface area contributed by atoms with Gasteiger partial charge in [0.2, 0.25) is 0 Å². The summed E-state index contributed by atoms with van der Waals surface area (Å²) in [6, 6.07) is 1.83. The van der Waals surface area contributed by atoms with Crippen LogP contribution in [0.3, 0.4) is 0 Å². The number of pyridine rings is 1. The first-order chi connectivity index (χ1) is 9.65. The van der Waals surface area contributed by atoms with Crippen molar-refractivity contribution in [1.29, 1.82) is 0 Å². The number of rotatable bonds is 3. The van der Waals surface area contributed by atoms with Gasteiger partial charge in [-0.1, -0.05) is 23.4 Å². The number of hydrogen-bond acceptors (Lipinski definition) is 6. The van der Waals surface area contributed by atoms with Crippen LogP contribution in [0.25, 0.3) is 0 Å². The Morgan fingerprint density at radius 2 is 2.16 bits per heavy atom. The molecule has 0 saturated carbocycles. The number of hydrogen-bond donors (Lipinski definition) is 1. The van der Waals surface area contributed by atoms with Gasteiger partial charge in [-0.3, -0.25) is 0 Å². The molecule has 2 N–H and O–H groups in total. The van der Waals surface area contributed by atoms with Crippen molar-refractivity contribution in [2.75, 3.05) is 23.7 Å². The second-order valence-electron chi connectivity index (χ2n) is 4.08. The lowest BCUT2D eigenvalue weighted by atomic mass is 10.2. The van der Waals surface area contributed by atoms with Gasteiger partial charge in [0.05, 0.1) is 6.39 Å². The van der Waals surface area contributed by atoms with Crippen LogP contribution in [0, 0.1) is 0 Å². The van der Waals surface area contributed by atoms with Gasteiger partial charge >= 0.3 is 0 Å². The summed E-state index contributed by atoms with van der Waals surface area (Å²) >= 11 is 7.73. The van der Waals surface area contributed by atoms with Gasteiger partial charge in [-0.05, 0) is 12.5 Å². The molecule has 2 aromatic rings. The van der Waals surface area contributed by atoms with E-state index in [1.807, 2.05) is 6.07 Å². The standard InChI is InChI=1S/C12H12ClN5S/c13-9-8(19-12-10(14)15-4-5-17-12)2-3-16-11(9)18-6-1-7-18/h2-5H,1,6-7H2,(H2,14,15)/i4D. The summed E-state index contributed by atoms with van der Waals surface area (Å²) in [7, 11) is 0. The summed E-state index contributed by atoms with van der Waals surface area (Å²) in [4.78, 5) is 15.3. The van der Waals surface area contributed by atoms with Crippen LogP contribution in [0.5, 0.6) is 0 Å². The normalized spacial score (nSPS) is 15.0. The molecule has 3 heterocycles. The van der Waals surface area contributed by atoms with Crippen molar-refractivity contribution in [2.45, 2.75) is 16.3 Å². The van der Waals surface area contributed by atoms with Gasteiger partial charge in [-0.25, -0.2) is 15.0 Å². The van der Waals surface area contributed by atoms with Crippen molar-refractivity contribution in [2.24, 2.45) is 0 Å².